The topological polar surface area (TPSA) is 37.4 Å². The number of rotatable bonds is 4. The Morgan fingerprint density at radius 2 is 1.37 bits per heavy atom. The molecule has 0 N–H and O–H groups in total. The molecular formula is C24H21NO2. The lowest BCUT2D eigenvalue weighted by Crippen LogP contribution is -2.41. The number of carbonyl (C=O) groups excluding carboxylic acids is 2. The number of hydrogen-bond acceptors (Lipinski definition) is 2. The first kappa shape index (κ1) is 17.2. The molecule has 3 nitrogen and oxygen atoms in total. The molecule has 3 heteroatoms. The van der Waals surface area contributed by atoms with Gasteiger partial charge in [-0.1, -0.05) is 72.8 Å². The predicted molar refractivity (Wildman–Crippen MR) is 106 cm³/mol. The fraction of sp³-hybridized carbons (Fsp3) is 0.167. The fourth-order valence-electron chi connectivity index (χ4n) is 3.78. The number of Topliss-reactive ketones (excluding diaryl/α,β-unsaturated/α-hetero) is 1. The molecule has 0 spiro atoms. The van der Waals surface area contributed by atoms with Crippen LogP contribution in [0.15, 0.2) is 84.9 Å². The van der Waals surface area contributed by atoms with Gasteiger partial charge in [0.1, 0.15) is 0 Å². The van der Waals surface area contributed by atoms with Crippen molar-refractivity contribution in [3.8, 4) is 0 Å². The quantitative estimate of drug-likeness (QED) is 0.636. The summed E-state index contributed by atoms with van der Waals surface area (Å²) in [6, 6.07) is 26.5. The van der Waals surface area contributed by atoms with Gasteiger partial charge in [-0.25, -0.2) is 0 Å². The van der Waals surface area contributed by atoms with E-state index in [4.69, 9.17) is 0 Å². The molecule has 0 radical (unpaired) electrons. The third-order valence-corrected chi connectivity index (χ3v) is 5.17. The van der Waals surface area contributed by atoms with Crippen LogP contribution in [-0.2, 0) is 6.42 Å². The summed E-state index contributed by atoms with van der Waals surface area (Å²) in [4.78, 5) is 27.9. The van der Waals surface area contributed by atoms with Crippen molar-refractivity contribution in [2.24, 2.45) is 0 Å². The van der Waals surface area contributed by atoms with E-state index in [1.807, 2.05) is 83.8 Å². The average molecular weight is 355 g/mol. The average Bonchev–Trinajstić information content (AvgIpc) is 2.74. The summed E-state index contributed by atoms with van der Waals surface area (Å²) in [5.41, 5.74) is 3.65. The Bertz CT molecular complexity index is 950. The molecule has 1 amide bonds. The van der Waals surface area contributed by atoms with Gasteiger partial charge in [-0.3, -0.25) is 9.59 Å². The van der Waals surface area contributed by atoms with E-state index in [9.17, 15) is 9.59 Å². The smallest absolute Gasteiger partial charge is 0.254 e. The van der Waals surface area contributed by atoms with Crippen LogP contribution in [0.3, 0.4) is 0 Å². The van der Waals surface area contributed by atoms with Gasteiger partial charge in [0.05, 0.1) is 6.04 Å². The Morgan fingerprint density at radius 3 is 2.07 bits per heavy atom. The van der Waals surface area contributed by atoms with Gasteiger partial charge in [0.25, 0.3) is 5.91 Å². The van der Waals surface area contributed by atoms with E-state index in [0.29, 0.717) is 24.1 Å². The van der Waals surface area contributed by atoms with Gasteiger partial charge in [-0.05, 0) is 29.7 Å². The van der Waals surface area contributed by atoms with E-state index in [0.717, 1.165) is 12.0 Å². The highest BCUT2D eigenvalue weighted by Crippen LogP contribution is 2.34. The van der Waals surface area contributed by atoms with Crippen LogP contribution in [0.1, 0.15) is 44.3 Å². The van der Waals surface area contributed by atoms with Crippen LogP contribution in [0.4, 0.5) is 0 Å². The van der Waals surface area contributed by atoms with E-state index in [-0.39, 0.29) is 17.7 Å². The molecular weight excluding hydrogens is 334 g/mol. The largest absolute Gasteiger partial charge is 0.331 e. The van der Waals surface area contributed by atoms with E-state index in [2.05, 4.69) is 6.07 Å². The lowest BCUT2D eigenvalue weighted by Gasteiger charge is -2.37. The molecule has 0 bridgehead atoms. The molecule has 3 aromatic carbocycles. The molecule has 1 heterocycles. The summed E-state index contributed by atoms with van der Waals surface area (Å²) in [6.45, 7) is 0.622. The first-order chi connectivity index (χ1) is 13.2. The summed E-state index contributed by atoms with van der Waals surface area (Å²) in [7, 11) is 0. The minimum Gasteiger partial charge on any atom is -0.331 e. The number of hydrogen-bond donors (Lipinski definition) is 0. The SMILES string of the molecule is O=C(CC1c2ccccc2CCN1C(=O)c1ccccc1)c1ccccc1. The van der Waals surface area contributed by atoms with E-state index < -0.39 is 0 Å². The molecule has 0 aliphatic carbocycles. The summed E-state index contributed by atoms with van der Waals surface area (Å²) in [6.07, 6.45) is 1.10. The van der Waals surface area contributed by atoms with Crippen molar-refractivity contribution in [2.45, 2.75) is 18.9 Å². The fourth-order valence-corrected chi connectivity index (χ4v) is 3.78. The second kappa shape index (κ2) is 7.58. The molecule has 0 aromatic heterocycles. The maximum absolute atomic E-state index is 13.2. The first-order valence-corrected chi connectivity index (χ1v) is 9.26. The summed E-state index contributed by atoms with van der Waals surface area (Å²) in [5.74, 6) is 0.0409. The van der Waals surface area contributed by atoms with Gasteiger partial charge in [0.15, 0.2) is 5.78 Å². The van der Waals surface area contributed by atoms with Crippen LogP contribution in [0.25, 0.3) is 0 Å². The van der Waals surface area contributed by atoms with Crippen molar-refractivity contribution >= 4 is 11.7 Å². The highest BCUT2D eigenvalue weighted by atomic mass is 16.2. The van der Waals surface area contributed by atoms with Gasteiger partial charge in [-0.2, -0.15) is 0 Å². The van der Waals surface area contributed by atoms with Crippen molar-refractivity contribution in [1.29, 1.82) is 0 Å². The molecule has 0 saturated carbocycles. The molecule has 27 heavy (non-hydrogen) atoms. The van der Waals surface area contributed by atoms with E-state index in [1.165, 1.54) is 5.56 Å². The molecule has 0 saturated heterocycles. The summed E-state index contributed by atoms with van der Waals surface area (Å²) in [5, 5.41) is 0. The van der Waals surface area contributed by atoms with Gasteiger partial charge in [0.2, 0.25) is 0 Å². The second-order valence-corrected chi connectivity index (χ2v) is 6.82. The van der Waals surface area contributed by atoms with Crippen LogP contribution in [0, 0.1) is 0 Å². The van der Waals surface area contributed by atoms with Crippen LogP contribution >= 0.6 is 0 Å². The van der Waals surface area contributed by atoms with Crippen molar-refractivity contribution in [3.63, 3.8) is 0 Å². The molecule has 1 aliphatic heterocycles. The zero-order valence-electron chi connectivity index (χ0n) is 15.0. The van der Waals surface area contributed by atoms with Gasteiger partial charge in [0, 0.05) is 24.1 Å². The maximum atomic E-state index is 13.2. The number of carbonyl (C=O) groups is 2. The van der Waals surface area contributed by atoms with Gasteiger partial charge < -0.3 is 4.90 Å². The minimum atomic E-state index is -0.240. The molecule has 3 aromatic rings. The van der Waals surface area contributed by atoms with Crippen LogP contribution < -0.4 is 0 Å². The highest BCUT2D eigenvalue weighted by Gasteiger charge is 2.32. The number of amides is 1. The van der Waals surface area contributed by atoms with Crippen molar-refractivity contribution in [3.05, 3.63) is 107 Å². The lowest BCUT2D eigenvalue weighted by atomic mass is 9.88. The Morgan fingerprint density at radius 1 is 0.778 bits per heavy atom. The zero-order valence-corrected chi connectivity index (χ0v) is 15.0. The summed E-state index contributed by atoms with van der Waals surface area (Å²) >= 11 is 0. The van der Waals surface area contributed by atoms with Gasteiger partial charge in [-0.15, -0.1) is 0 Å². The monoisotopic (exact) mass is 355 g/mol. The molecule has 4 rings (SSSR count). The molecule has 134 valence electrons. The number of nitrogens with zero attached hydrogens (tertiary/aromatic N) is 1. The minimum absolute atomic E-state index is 0.0176. The lowest BCUT2D eigenvalue weighted by molar-refractivity contribution is 0.0636. The van der Waals surface area contributed by atoms with Crippen molar-refractivity contribution in [2.75, 3.05) is 6.54 Å². The third-order valence-electron chi connectivity index (χ3n) is 5.17. The highest BCUT2D eigenvalue weighted by molar-refractivity contribution is 5.98. The normalized spacial score (nSPS) is 15.9. The Labute approximate surface area is 159 Å². The number of benzene rings is 3. The van der Waals surface area contributed by atoms with Crippen molar-refractivity contribution < 1.29 is 9.59 Å². The number of fused-ring (bicyclic) bond motifs is 1. The summed E-state index contributed by atoms with van der Waals surface area (Å²) < 4.78 is 0. The Hall–Kier alpha value is -3.20. The standard InChI is InChI=1S/C24H21NO2/c26-23(19-10-3-1-4-11-19)17-22-21-14-8-7-9-18(21)15-16-25(22)24(27)20-12-5-2-6-13-20/h1-14,22H,15-17H2. The molecule has 1 atom stereocenters. The second-order valence-electron chi connectivity index (χ2n) is 6.82. The maximum Gasteiger partial charge on any atom is 0.254 e. The molecule has 0 fully saturated rings. The van der Waals surface area contributed by atoms with Gasteiger partial charge >= 0.3 is 0 Å². The van der Waals surface area contributed by atoms with Crippen molar-refractivity contribution in [1.82, 2.24) is 4.90 Å². The third kappa shape index (κ3) is 3.54. The first-order valence-electron chi connectivity index (χ1n) is 9.26. The number of ketones is 1. The van der Waals surface area contributed by atoms with E-state index >= 15 is 0 Å². The predicted octanol–water partition coefficient (Wildman–Crippen LogP) is 4.70. The Kier molecular flexibility index (Phi) is 4.84. The molecule has 1 unspecified atom stereocenters. The van der Waals surface area contributed by atoms with Crippen LogP contribution in [-0.4, -0.2) is 23.1 Å². The van der Waals surface area contributed by atoms with Crippen LogP contribution in [0.2, 0.25) is 0 Å². The zero-order chi connectivity index (χ0) is 18.6. The molecule has 1 aliphatic rings. The van der Waals surface area contributed by atoms with E-state index in [1.54, 1.807) is 0 Å². The van der Waals surface area contributed by atoms with Crippen LogP contribution in [0.5, 0.6) is 0 Å². The Balaban J connectivity index is 1.68.